The van der Waals surface area contributed by atoms with Crippen molar-refractivity contribution in [3.8, 4) is 23.0 Å². The van der Waals surface area contributed by atoms with Gasteiger partial charge in [0.05, 0.1) is 81.8 Å². The van der Waals surface area contributed by atoms with Gasteiger partial charge < -0.3 is 58.0 Å². The Labute approximate surface area is 452 Å². The molecule has 408 valence electrons. The number of rotatable bonds is 23. The molecule has 4 amide bonds. The molecule has 5 aromatic rings. The van der Waals surface area contributed by atoms with Gasteiger partial charge in [-0.05, 0) is 83.0 Å². The minimum Gasteiger partial charge on any atom is -0.493 e. The number of methoxy groups -OCH3 is 3. The van der Waals surface area contributed by atoms with Crippen LogP contribution in [0.15, 0.2) is 96.0 Å². The number of hydrogen-bond acceptors (Lipinski definition) is 16. The van der Waals surface area contributed by atoms with Gasteiger partial charge in [-0.25, -0.2) is 4.79 Å². The van der Waals surface area contributed by atoms with Crippen LogP contribution in [0.2, 0.25) is 0 Å². The van der Waals surface area contributed by atoms with Crippen LogP contribution in [-0.4, -0.2) is 137 Å². The zero-order valence-electron chi connectivity index (χ0n) is 44.2. The minimum absolute atomic E-state index is 0.00425. The van der Waals surface area contributed by atoms with Crippen LogP contribution in [0.1, 0.15) is 79.8 Å². The third-order valence-corrected chi connectivity index (χ3v) is 14.6. The molecule has 2 atom stereocenters. The van der Waals surface area contributed by atoms with Crippen molar-refractivity contribution in [1.82, 2.24) is 14.9 Å². The molecule has 1 saturated heterocycles. The second-order valence-corrected chi connectivity index (χ2v) is 19.7. The molecule has 0 radical (unpaired) electrons. The Morgan fingerprint density at radius 3 is 1.94 bits per heavy atom. The minimum atomic E-state index is -0.701. The number of carbonyl (C=O) groups excluding carboxylic acids is 5. The zero-order chi connectivity index (χ0) is 54.1. The zero-order valence-corrected chi connectivity index (χ0v) is 44.2. The normalized spacial score (nSPS) is 17.1. The molecule has 78 heavy (non-hydrogen) atoms. The fraction of sp³-hybridized carbons (Fsp3) is 0.390. The standard InChI is InChI=1S/C59H64N6O13/c1-71-19-20-75-22-21-74-18-17-62(16-8-13-57(68)78-65-55(66)14-15-56(65)67)44-24-38(36-76-53-30-49-47(28-51(53)72-2)58(69)63-34-42-11-6-4-9-40(42)26-45(63)32-60-49)23-39(25-44)37-77-54-31-50-48(29-52(54)73-3)59(70)64-35-43-12-7-5-10-41(43)27-46(64)33-61-50/h4-7,9-12,23-25,28-32,45-46,61H,8,13-22,26-27,33-37H2,1-3H3/t45-,46-/m0/s1. The Bertz CT molecular complexity index is 3080. The molecule has 5 aliphatic rings. The van der Waals surface area contributed by atoms with Crippen LogP contribution < -0.4 is 29.2 Å². The number of hydrogen-bond donors (Lipinski definition) is 1. The quantitative estimate of drug-likeness (QED) is 0.0518. The van der Waals surface area contributed by atoms with Crippen molar-refractivity contribution < 1.29 is 62.0 Å². The van der Waals surface area contributed by atoms with Gasteiger partial charge >= 0.3 is 5.97 Å². The Morgan fingerprint density at radius 2 is 1.26 bits per heavy atom. The van der Waals surface area contributed by atoms with Crippen molar-refractivity contribution in [2.45, 2.75) is 76.9 Å². The van der Waals surface area contributed by atoms with Crippen LogP contribution >= 0.6 is 0 Å². The predicted octanol–water partition coefficient (Wildman–Crippen LogP) is 7.01. The molecule has 0 saturated carbocycles. The first kappa shape index (κ1) is 53.4. The number of aliphatic imine (C=N–C) groups is 1. The first-order valence-electron chi connectivity index (χ1n) is 26.4. The summed E-state index contributed by atoms with van der Waals surface area (Å²) < 4.78 is 41.7. The first-order chi connectivity index (χ1) is 38.1. The third kappa shape index (κ3) is 12.1. The molecule has 0 unspecified atom stereocenters. The highest BCUT2D eigenvalue weighted by atomic mass is 16.7. The lowest BCUT2D eigenvalue weighted by atomic mass is 9.94. The highest BCUT2D eigenvalue weighted by Gasteiger charge is 2.37. The Kier molecular flexibility index (Phi) is 16.8. The molecule has 1 fully saturated rings. The number of fused-ring (bicyclic) bond motifs is 6. The van der Waals surface area contributed by atoms with Gasteiger partial charge in [0.25, 0.3) is 23.6 Å². The SMILES string of the molecule is COCCOCCOCCN(CCCC(=O)ON1C(=O)CCC1=O)c1cc(COc2cc3c(cc2OC)C(=O)N2Cc4ccccc4C[C@H]2C=N3)cc(COc2cc3c(cc2OC)C(=O)N2Cc4ccccc4C[C@H]2CN3)c1. The number of amides is 4. The molecule has 19 heteroatoms. The second-order valence-electron chi connectivity index (χ2n) is 19.7. The number of nitrogens with one attached hydrogen (secondary N) is 1. The number of ether oxygens (including phenoxy) is 7. The number of nitrogens with zero attached hydrogens (tertiary/aromatic N) is 5. The van der Waals surface area contributed by atoms with E-state index in [9.17, 15) is 24.0 Å². The highest BCUT2D eigenvalue weighted by Crippen LogP contribution is 2.41. The van der Waals surface area contributed by atoms with Crippen LogP contribution in [0.25, 0.3) is 0 Å². The smallest absolute Gasteiger partial charge is 0.333 e. The molecule has 0 bridgehead atoms. The van der Waals surface area contributed by atoms with E-state index in [0.29, 0.717) is 129 Å². The summed E-state index contributed by atoms with van der Waals surface area (Å²) in [6.45, 7) is 4.35. The summed E-state index contributed by atoms with van der Waals surface area (Å²) in [5.41, 5.74) is 8.96. The average molecular weight is 1070 g/mol. The van der Waals surface area contributed by atoms with E-state index in [1.165, 1.54) is 18.2 Å². The van der Waals surface area contributed by atoms with Gasteiger partial charge in [-0.15, -0.1) is 5.06 Å². The van der Waals surface area contributed by atoms with Crippen molar-refractivity contribution in [2.75, 3.05) is 84.2 Å². The van der Waals surface area contributed by atoms with E-state index in [4.69, 9.17) is 43.0 Å². The fourth-order valence-electron chi connectivity index (χ4n) is 10.5. The third-order valence-electron chi connectivity index (χ3n) is 14.6. The molecule has 0 spiro atoms. The van der Waals surface area contributed by atoms with Crippen molar-refractivity contribution in [1.29, 1.82) is 0 Å². The number of anilines is 2. The lowest BCUT2D eigenvalue weighted by Crippen LogP contribution is -2.45. The largest absolute Gasteiger partial charge is 0.493 e. The van der Waals surface area contributed by atoms with E-state index < -0.39 is 17.8 Å². The number of benzene rings is 5. The van der Waals surface area contributed by atoms with Crippen LogP contribution in [0.5, 0.6) is 23.0 Å². The topological polar surface area (TPSA) is 197 Å². The van der Waals surface area contributed by atoms with Gasteiger partial charge in [0.15, 0.2) is 23.0 Å². The van der Waals surface area contributed by atoms with Gasteiger partial charge in [0.1, 0.15) is 13.2 Å². The molecule has 1 N–H and O–H groups in total. The van der Waals surface area contributed by atoms with Gasteiger partial charge in [0, 0.05) is 83.1 Å². The molecule has 19 nitrogen and oxygen atoms in total. The van der Waals surface area contributed by atoms with Crippen LogP contribution in [0.4, 0.5) is 17.1 Å². The Morgan fingerprint density at radius 1 is 0.654 bits per heavy atom. The maximum absolute atomic E-state index is 14.2. The summed E-state index contributed by atoms with van der Waals surface area (Å²) >= 11 is 0. The molecule has 0 aromatic heterocycles. The van der Waals surface area contributed by atoms with Crippen LogP contribution in [-0.2, 0) is 72.6 Å². The van der Waals surface area contributed by atoms with E-state index in [2.05, 4.69) is 34.5 Å². The second kappa shape index (κ2) is 24.6. The summed E-state index contributed by atoms with van der Waals surface area (Å²) in [6.07, 6.45) is 3.45. The Hall–Kier alpha value is -8.00. The van der Waals surface area contributed by atoms with Crippen LogP contribution in [0.3, 0.4) is 0 Å². The Balaban J connectivity index is 0.919. The maximum atomic E-state index is 14.2. The van der Waals surface area contributed by atoms with Gasteiger partial charge in [0.2, 0.25) is 0 Å². The maximum Gasteiger partial charge on any atom is 0.333 e. The summed E-state index contributed by atoms with van der Waals surface area (Å²) in [6, 6.07) is 29.0. The number of hydroxylamine groups is 2. The van der Waals surface area contributed by atoms with Gasteiger partial charge in [-0.3, -0.25) is 24.2 Å². The van der Waals surface area contributed by atoms with E-state index in [1.807, 2.05) is 64.5 Å². The average Bonchev–Trinajstić information content (AvgIpc) is 3.78. The molecular formula is C59H64N6O13. The van der Waals surface area contributed by atoms with Gasteiger partial charge in [-0.1, -0.05) is 48.5 Å². The molecule has 5 heterocycles. The van der Waals surface area contributed by atoms with E-state index in [-0.39, 0.29) is 56.4 Å². The monoisotopic (exact) mass is 1060 g/mol. The van der Waals surface area contributed by atoms with E-state index >= 15 is 0 Å². The molecule has 5 aliphatic heterocycles. The summed E-state index contributed by atoms with van der Waals surface area (Å²) in [5.74, 6) is -0.451. The van der Waals surface area contributed by atoms with E-state index in [0.717, 1.165) is 34.4 Å². The van der Waals surface area contributed by atoms with Crippen molar-refractivity contribution >= 4 is 52.9 Å². The van der Waals surface area contributed by atoms with Crippen molar-refractivity contribution in [3.05, 3.63) is 136 Å². The summed E-state index contributed by atoms with van der Waals surface area (Å²) in [4.78, 5) is 81.7. The van der Waals surface area contributed by atoms with Crippen molar-refractivity contribution in [2.24, 2.45) is 4.99 Å². The lowest BCUT2D eigenvalue weighted by Gasteiger charge is -2.35. The molecule has 0 aliphatic carbocycles. The summed E-state index contributed by atoms with van der Waals surface area (Å²) in [5, 5.41) is 4.09. The number of imide groups is 1. The van der Waals surface area contributed by atoms with E-state index in [1.54, 1.807) is 32.4 Å². The summed E-state index contributed by atoms with van der Waals surface area (Å²) in [7, 11) is 4.69. The van der Waals surface area contributed by atoms with Crippen molar-refractivity contribution in [3.63, 3.8) is 0 Å². The van der Waals surface area contributed by atoms with Crippen LogP contribution in [0, 0.1) is 0 Å². The predicted molar refractivity (Wildman–Crippen MR) is 287 cm³/mol. The first-order valence-corrected chi connectivity index (χ1v) is 26.4. The molecule has 10 rings (SSSR count). The molecule has 5 aromatic carbocycles. The fourth-order valence-corrected chi connectivity index (χ4v) is 10.5. The van der Waals surface area contributed by atoms with Gasteiger partial charge in [-0.2, -0.15) is 0 Å². The number of carbonyl (C=O) groups is 5. The lowest BCUT2D eigenvalue weighted by molar-refractivity contribution is -0.197. The molecular weight excluding hydrogens is 1000 g/mol. The highest BCUT2D eigenvalue weighted by molar-refractivity contribution is 6.04.